The summed E-state index contributed by atoms with van der Waals surface area (Å²) in [6.45, 7) is 0. The van der Waals surface area contributed by atoms with Gasteiger partial charge in [-0.3, -0.25) is 0 Å². The molecule has 0 saturated carbocycles. The number of aliphatic hydroxyl groups is 1. The van der Waals surface area contributed by atoms with Gasteiger partial charge in [0.15, 0.2) is 11.6 Å². The molecule has 2 aromatic carbocycles. The van der Waals surface area contributed by atoms with E-state index in [1.54, 1.807) is 12.1 Å². The average molecular weight is 339 g/mol. The number of halogens is 3. The van der Waals surface area contributed by atoms with E-state index in [2.05, 4.69) is 10.6 Å². The highest BCUT2D eigenvalue weighted by molar-refractivity contribution is 6.30. The number of nitrogens with one attached hydrogen (secondary N) is 2. The molecule has 0 fully saturated rings. The van der Waals surface area contributed by atoms with Crippen LogP contribution in [0.2, 0.25) is 5.02 Å². The van der Waals surface area contributed by atoms with Crippen LogP contribution in [0, 0.1) is 11.6 Å². The lowest BCUT2D eigenvalue weighted by molar-refractivity contribution is 0.144. The molecule has 0 radical (unpaired) electrons. The zero-order valence-corrected chi connectivity index (χ0v) is 12.6. The van der Waals surface area contributed by atoms with Gasteiger partial charge in [0.05, 0.1) is 12.1 Å². The molecule has 1 aliphatic rings. The van der Waals surface area contributed by atoms with Gasteiger partial charge in [0.25, 0.3) is 0 Å². The summed E-state index contributed by atoms with van der Waals surface area (Å²) in [5.74, 6) is -1.95. The Morgan fingerprint density at radius 1 is 1.22 bits per heavy atom. The van der Waals surface area contributed by atoms with E-state index in [9.17, 15) is 18.7 Å². The molecule has 2 amide bonds. The molecule has 0 spiro atoms. The number of urea groups is 1. The lowest BCUT2D eigenvalue weighted by atomic mass is 10.1. The van der Waals surface area contributed by atoms with Gasteiger partial charge in [-0.15, -0.1) is 0 Å². The molecular weight excluding hydrogens is 326 g/mol. The first-order valence-corrected chi connectivity index (χ1v) is 7.31. The Kier molecular flexibility index (Phi) is 4.19. The third-order valence-electron chi connectivity index (χ3n) is 3.74. The number of amides is 2. The fraction of sp³-hybridized carbons (Fsp3) is 0.188. The Morgan fingerprint density at radius 2 is 1.87 bits per heavy atom. The van der Waals surface area contributed by atoms with Crippen molar-refractivity contribution in [1.82, 2.24) is 5.32 Å². The number of anilines is 1. The molecule has 1 aliphatic carbocycles. The maximum absolute atomic E-state index is 13.7. The van der Waals surface area contributed by atoms with E-state index in [1.165, 1.54) is 0 Å². The molecule has 7 heteroatoms. The Morgan fingerprint density at radius 3 is 2.57 bits per heavy atom. The van der Waals surface area contributed by atoms with Crippen molar-refractivity contribution in [2.45, 2.75) is 18.6 Å². The first kappa shape index (κ1) is 15.7. The van der Waals surface area contributed by atoms with Crippen molar-refractivity contribution in [1.29, 1.82) is 0 Å². The summed E-state index contributed by atoms with van der Waals surface area (Å²) in [6, 6.07) is 7.64. The monoisotopic (exact) mass is 338 g/mol. The SMILES string of the molecule is O=C(Nc1c(F)cc(Cl)cc1F)N[C@@H]1c2ccccc2C[C@@H]1O. The molecule has 0 aromatic heterocycles. The van der Waals surface area contributed by atoms with Gasteiger partial charge in [0.2, 0.25) is 0 Å². The van der Waals surface area contributed by atoms with Crippen LogP contribution in [0.15, 0.2) is 36.4 Å². The first-order chi connectivity index (χ1) is 11.0. The molecule has 3 rings (SSSR count). The molecule has 0 heterocycles. The highest BCUT2D eigenvalue weighted by Crippen LogP contribution is 2.31. The minimum atomic E-state index is -0.975. The van der Waals surface area contributed by atoms with Crippen LogP contribution < -0.4 is 10.6 Å². The van der Waals surface area contributed by atoms with E-state index in [4.69, 9.17) is 11.6 Å². The second kappa shape index (κ2) is 6.14. The zero-order chi connectivity index (χ0) is 16.6. The van der Waals surface area contributed by atoms with Gasteiger partial charge in [-0.05, 0) is 23.3 Å². The van der Waals surface area contributed by atoms with Crippen LogP contribution in [0.4, 0.5) is 19.3 Å². The van der Waals surface area contributed by atoms with Crippen LogP contribution >= 0.6 is 11.6 Å². The molecule has 0 aliphatic heterocycles. The number of aliphatic hydroxyl groups excluding tert-OH is 1. The average Bonchev–Trinajstić information content (AvgIpc) is 2.79. The second-order valence-electron chi connectivity index (χ2n) is 5.29. The first-order valence-electron chi connectivity index (χ1n) is 6.93. The van der Waals surface area contributed by atoms with E-state index in [1.807, 2.05) is 12.1 Å². The Balaban J connectivity index is 1.76. The van der Waals surface area contributed by atoms with Gasteiger partial charge in [-0.2, -0.15) is 0 Å². The van der Waals surface area contributed by atoms with Crippen molar-refractivity contribution in [2.75, 3.05) is 5.32 Å². The van der Waals surface area contributed by atoms with Crippen molar-refractivity contribution in [3.63, 3.8) is 0 Å². The van der Waals surface area contributed by atoms with E-state index in [-0.39, 0.29) is 5.02 Å². The zero-order valence-electron chi connectivity index (χ0n) is 11.8. The highest BCUT2D eigenvalue weighted by atomic mass is 35.5. The number of fused-ring (bicyclic) bond motifs is 1. The maximum Gasteiger partial charge on any atom is 0.319 e. The topological polar surface area (TPSA) is 61.4 Å². The summed E-state index contributed by atoms with van der Waals surface area (Å²) < 4.78 is 27.4. The lowest BCUT2D eigenvalue weighted by Crippen LogP contribution is -2.37. The third-order valence-corrected chi connectivity index (χ3v) is 3.95. The van der Waals surface area contributed by atoms with Crippen LogP contribution in [-0.2, 0) is 6.42 Å². The number of rotatable bonds is 2. The standard InChI is InChI=1S/C16H13ClF2N2O2/c17-9-6-11(18)15(12(19)7-9)21-16(23)20-14-10-4-2-1-3-8(10)5-13(14)22/h1-4,6-7,13-14,22H,5H2,(H2,20,21,23)/t13-,14+/m0/s1. The highest BCUT2D eigenvalue weighted by Gasteiger charge is 2.32. The minimum absolute atomic E-state index is 0.105. The van der Waals surface area contributed by atoms with E-state index < -0.39 is 35.5 Å². The van der Waals surface area contributed by atoms with Crippen molar-refractivity contribution in [2.24, 2.45) is 0 Å². The molecule has 0 bridgehead atoms. The van der Waals surface area contributed by atoms with Gasteiger partial charge in [0.1, 0.15) is 5.69 Å². The van der Waals surface area contributed by atoms with Crippen LogP contribution in [0.1, 0.15) is 17.2 Å². The summed E-state index contributed by atoms with van der Waals surface area (Å²) in [4.78, 5) is 12.0. The molecule has 23 heavy (non-hydrogen) atoms. The fourth-order valence-electron chi connectivity index (χ4n) is 2.70. The summed E-state index contributed by atoms with van der Waals surface area (Å²) >= 11 is 5.53. The van der Waals surface area contributed by atoms with Crippen LogP contribution in [0.25, 0.3) is 0 Å². The number of carbonyl (C=O) groups excluding carboxylic acids is 1. The van der Waals surface area contributed by atoms with Gasteiger partial charge in [-0.1, -0.05) is 35.9 Å². The van der Waals surface area contributed by atoms with E-state index in [0.717, 1.165) is 23.3 Å². The predicted octanol–water partition coefficient (Wildman–Crippen LogP) is 3.40. The minimum Gasteiger partial charge on any atom is -0.390 e. The maximum atomic E-state index is 13.7. The van der Waals surface area contributed by atoms with Gasteiger partial charge in [0, 0.05) is 11.4 Å². The molecule has 0 saturated heterocycles. The fourth-order valence-corrected chi connectivity index (χ4v) is 2.89. The van der Waals surface area contributed by atoms with Gasteiger partial charge >= 0.3 is 6.03 Å². The molecule has 0 unspecified atom stereocenters. The normalized spacial score (nSPS) is 19.3. The predicted molar refractivity (Wildman–Crippen MR) is 82.4 cm³/mol. The summed E-state index contributed by atoms with van der Waals surface area (Å²) in [5.41, 5.74) is 1.12. The molecule has 2 aromatic rings. The summed E-state index contributed by atoms with van der Waals surface area (Å²) in [6.07, 6.45) is -0.386. The van der Waals surface area contributed by atoms with Gasteiger partial charge in [-0.25, -0.2) is 13.6 Å². The smallest absolute Gasteiger partial charge is 0.319 e. The Labute approximate surface area is 136 Å². The van der Waals surface area contributed by atoms with Crippen LogP contribution in [-0.4, -0.2) is 17.2 Å². The largest absolute Gasteiger partial charge is 0.390 e. The van der Waals surface area contributed by atoms with E-state index in [0.29, 0.717) is 6.42 Å². The van der Waals surface area contributed by atoms with Crippen molar-refractivity contribution < 1.29 is 18.7 Å². The summed E-state index contributed by atoms with van der Waals surface area (Å²) in [5, 5.41) is 14.6. The quantitative estimate of drug-likeness (QED) is 0.786. The van der Waals surface area contributed by atoms with Crippen LogP contribution in [0.5, 0.6) is 0 Å². The van der Waals surface area contributed by atoms with Crippen molar-refractivity contribution in [3.05, 3.63) is 64.2 Å². The lowest BCUT2D eigenvalue weighted by Gasteiger charge is -2.18. The number of benzene rings is 2. The number of hydrogen-bond acceptors (Lipinski definition) is 2. The molecule has 2 atom stereocenters. The molecular formula is C16H13ClF2N2O2. The number of carbonyl (C=O) groups is 1. The molecule has 3 N–H and O–H groups in total. The Bertz CT molecular complexity index is 746. The van der Waals surface area contributed by atoms with E-state index >= 15 is 0 Å². The van der Waals surface area contributed by atoms with Crippen LogP contribution in [0.3, 0.4) is 0 Å². The van der Waals surface area contributed by atoms with Crippen molar-refractivity contribution in [3.8, 4) is 0 Å². The molecule has 4 nitrogen and oxygen atoms in total. The van der Waals surface area contributed by atoms with Gasteiger partial charge < -0.3 is 15.7 Å². The summed E-state index contributed by atoms with van der Waals surface area (Å²) in [7, 11) is 0. The Hall–Kier alpha value is -2.18. The van der Waals surface area contributed by atoms with Crippen molar-refractivity contribution >= 4 is 23.3 Å². The number of hydrogen-bond donors (Lipinski definition) is 3. The third kappa shape index (κ3) is 3.13. The second-order valence-corrected chi connectivity index (χ2v) is 5.73. The molecule has 120 valence electrons.